The van der Waals surface area contributed by atoms with Crippen molar-refractivity contribution in [1.82, 2.24) is 10.2 Å². The summed E-state index contributed by atoms with van der Waals surface area (Å²) >= 11 is 1.44. The van der Waals surface area contributed by atoms with Crippen LogP contribution in [0.2, 0.25) is 0 Å². The van der Waals surface area contributed by atoms with Crippen molar-refractivity contribution < 1.29 is 14.7 Å². The number of nitrogens with one attached hydrogen (secondary N) is 1. The minimum Gasteiger partial charge on any atom is -0.480 e. The van der Waals surface area contributed by atoms with Gasteiger partial charge in [0.1, 0.15) is 6.04 Å². The van der Waals surface area contributed by atoms with Crippen LogP contribution in [0.15, 0.2) is 0 Å². The Bertz CT molecular complexity index is 300. The van der Waals surface area contributed by atoms with E-state index in [0.717, 1.165) is 0 Å². The van der Waals surface area contributed by atoms with Crippen LogP contribution in [0, 0.1) is 12.3 Å². The number of terminal acetylenes is 1. The third-order valence-corrected chi connectivity index (χ3v) is 3.00. The Hall–Kier alpha value is -1.19. The summed E-state index contributed by atoms with van der Waals surface area (Å²) in [7, 11) is 0. The molecule has 0 radical (unpaired) electrons. The number of thioether (sulfide) groups is 1. The number of hydrogen-bond acceptors (Lipinski definition) is 4. The van der Waals surface area contributed by atoms with E-state index in [0.29, 0.717) is 18.2 Å². The van der Waals surface area contributed by atoms with Crippen LogP contribution in [0.25, 0.3) is 0 Å². The molecular formula is C9H12N2O3S. The molecule has 5 nitrogen and oxygen atoms in total. The van der Waals surface area contributed by atoms with Gasteiger partial charge in [0.15, 0.2) is 0 Å². The summed E-state index contributed by atoms with van der Waals surface area (Å²) in [5.41, 5.74) is 0. The first-order chi connectivity index (χ1) is 7.16. The lowest BCUT2D eigenvalue weighted by Gasteiger charge is -2.20. The van der Waals surface area contributed by atoms with E-state index in [1.807, 2.05) is 0 Å². The summed E-state index contributed by atoms with van der Waals surface area (Å²) < 4.78 is 0. The third kappa shape index (κ3) is 3.15. The first kappa shape index (κ1) is 11.9. The van der Waals surface area contributed by atoms with E-state index in [-0.39, 0.29) is 12.5 Å². The van der Waals surface area contributed by atoms with E-state index >= 15 is 0 Å². The molecule has 15 heavy (non-hydrogen) atoms. The molecule has 0 aliphatic carbocycles. The fraction of sp³-hybridized carbons (Fsp3) is 0.556. The molecule has 1 unspecified atom stereocenters. The van der Waals surface area contributed by atoms with Gasteiger partial charge < -0.3 is 10.0 Å². The second-order valence-corrected chi connectivity index (χ2v) is 4.02. The largest absolute Gasteiger partial charge is 0.480 e. The third-order valence-electron chi connectivity index (χ3n) is 1.99. The number of carboxylic acid groups (broad SMARTS) is 1. The molecule has 0 spiro atoms. The molecule has 0 aromatic heterocycles. The summed E-state index contributed by atoms with van der Waals surface area (Å²) in [5.74, 6) is 2.06. The van der Waals surface area contributed by atoms with Gasteiger partial charge >= 0.3 is 5.97 Å². The van der Waals surface area contributed by atoms with Crippen molar-refractivity contribution in [2.75, 3.05) is 24.7 Å². The van der Waals surface area contributed by atoms with Crippen LogP contribution >= 0.6 is 11.8 Å². The van der Waals surface area contributed by atoms with Crippen LogP contribution in [0.1, 0.15) is 0 Å². The minimum atomic E-state index is -0.953. The van der Waals surface area contributed by atoms with Gasteiger partial charge in [-0.2, -0.15) is 0 Å². The molecule has 0 bridgehead atoms. The first-order valence-electron chi connectivity index (χ1n) is 4.41. The number of carbonyl (C=O) groups excluding carboxylic acids is 1. The predicted octanol–water partition coefficient (Wildman–Crippen LogP) is -0.805. The highest BCUT2D eigenvalue weighted by molar-refractivity contribution is 7.99. The first-order valence-corrected chi connectivity index (χ1v) is 5.56. The van der Waals surface area contributed by atoms with Gasteiger partial charge in [0.05, 0.1) is 19.0 Å². The van der Waals surface area contributed by atoms with E-state index in [1.54, 1.807) is 0 Å². The van der Waals surface area contributed by atoms with Crippen molar-refractivity contribution in [3.63, 3.8) is 0 Å². The number of carboxylic acids is 1. The molecule has 1 rings (SSSR count). The molecule has 1 fully saturated rings. The molecule has 0 aromatic rings. The molecule has 1 aliphatic heterocycles. The lowest BCUT2D eigenvalue weighted by molar-refractivity contribution is -0.147. The highest BCUT2D eigenvalue weighted by atomic mass is 32.2. The zero-order valence-corrected chi connectivity index (χ0v) is 8.92. The molecule has 1 atom stereocenters. The van der Waals surface area contributed by atoms with Gasteiger partial charge in [-0.15, -0.1) is 18.2 Å². The average molecular weight is 228 g/mol. The number of hydrogen-bond donors (Lipinski definition) is 2. The molecule has 82 valence electrons. The van der Waals surface area contributed by atoms with Crippen LogP contribution in [0.4, 0.5) is 0 Å². The van der Waals surface area contributed by atoms with Gasteiger partial charge in [-0.25, -0.2) is 4.79 Å². The molecule has 1 amide bonds. The Morgan fingerprint density at radius 2 is 2.40 bits per heavy atom. The van der Waals surface area contributed by atoms with Crippen molar-refractivity contribution in [1.29, 1.82) is 0 Å². The van der Waals surface area contributed by atoms with Gasteiger partial charge in [0.25, 0.3) is 0 Å². The summed E-state index contributed by atoms with van der Waals surface area (Å²) in [4.78, 5) is 23.7. The van der Waals surface area contributed by atoms with E-state index in [1.165, 1.54) is 16.7 Å². The molecule has 6 heteroatoms. The van der Waals surface area contributed by atoms with Crippen LogP contribution in [0.5, 0.6) is 0 Å². The van der Waals surface area contributed by atoms with Crippen molar-refractivity contribution in [2.45, 2.75) is 6.04 Å². The monoisotopic (exact) mass is 228 g/mol. The highest BCUT2D eigenvalue weighted by Gasteiger charge is 2.33. The topological polar surface area (TPSA) is 69.6 Å². The van der Waals surface area contributed by atoms with Crippen LogP contribution in [-0.2, 0) is 9.59 Å². The maximum absolute atomic E-state index is 11.6. The van der Waals surface area contributed by atoms with Gasteiger partial charge in [-0.1, -0.05) is 5.92 Å². The van der Waals surface area contributed by atoms with Crippen molar-refractivity contribution in [3.05, 3.63) is 0 Å². The Labute approximate surface area is 92.2 Å². The molecular weight excluding hydrogens is 216 g/mol. The predicted molar refractivity (Wildman–Crippen MR) is 57.3 cm³/mol. The van der Waals surface area contributed by atoms with E-state index in [9.17, 15) is 9.59 Å². The number of aliphatic carboxylic acids is 1. The summed E-state index contributed by atoms with van der Waals surface area (Å²) in [5, 5.41) is 11.6. The van der Waals surface area contributed by atoms with Crippen molar-refractivity contribution >= 4 is 23.6 Å². The lowest BCUT2D eigenvalue weighted by Crippen LogP contribution is -2.45. The Morgan fingerprint density at radius 3 is 3.00 bits per heavy atom. The maximum Gasteiger partial charge on any atom is 0.327 e. The lowest BCUT2D eigenvalue weighted by atomic mass is 10.3. The van der Waals surface area contributed by atoms with Crippen LogP contribution in [-0.4, -0.2) is 52.6 Å². The van der Waals surface area contributed by atoms with Gasteiger partial charge in [0.2, 0.25) is 5.91 Å². The quantitative estimate of drug-likeness (QED) is 0.487. The fourth-order valence-corrected chi connectivity index (χ4v) is 2.41. The van der Waals surface area contributed by atoms with Crippen molar-refractivity contribution in [2.24, 2.45) is 0 Å². The number of rotatable bonds is 4. The Balaban J connectivity index is 2.45. The highest BCUT2D eigenvalue weighted by Crippen LogP contribution is 2.20. The number of nitrogens with zero attached hydrogens (tertiary/aromatic N) is 1. The SMILES string of the molecule is C#CCNCC(=O)N1CSCC1C(=O)O. The zero-order chi connectivity index (χ0) is 11.3. The van der Waals surface area contributed by atoms with Crippen LogP contribution in [0.3, 0.4) is 0 Å². The second kappa shape index (κ2) is 5.63. The zero-order valence-electron chi connectivity index (χ0n) is 8.10. The summed E-state index contributed by atoms with van der Waals surface area (Å²) in [6.45, 7) is 0.402. The van der Waals surface area contributed by atoms with Gasteiger partial charge in [-0.05, 0) is 0 Å². The van der Waals surface area contributed by atoms with E-state index < -0.39 is 12.0 Å². The summed E-state index contributed by atoms with van der Waals surface area (Å²) in [6.07, 6.45) is 5.01. The van der Waals surface area contributed by atoms with Crippen LogP contribution < -0.4 is 5.32 Å². The molecule has 0 aromatic carbocycles. The van der Waals surface area contributed by atoms with Crippen molar-refractivity contribution in [3.8, 4) is 12.3 Å². The standard InChI is InChI=1S/C9H12N2O3S/c1-2-3-10-4-8(12)11-6-15-5-7(11)9(13)14/h1,7,10H,3-6H2,(H,13,14). The van der Waals surface area contributed by atoms with E-state index in [2.05, 4.69) is 11.2 Å². The smallest absolute Gasteiger partial charge is 0.327 e. The summed E-state index contributed by atoms with van der Waals surface area (Å²) in [6, 6.07) is -0.699. The Kier molecular flexibility index (Phi) is 4.46. The molecule has 1 saturated heterocycles. The molecule has 2 N–H and O–H groups in total. The number of amides is 1. The Morgan fingerprint density at radius 1 is 1.67 bits per heavy atom. The maximum atomic E-state index is 11.6. The van der Waals surface area contributed by atoms with Gasteiger partial charge in [-0.3, -0.25) is 10.1 Å². The second-order valence-electron chi connectivity index (χ2n) is 3.03. The normalized spacial score (nSPS) is 19.9. The molecule has 1 heterocycles. The minimum absolute atomic E-state index is 0.0918. The van der Waals surface area contributed by atoms with Gasteiger partial charge in [0, 0.05) is 5.75 Å². The average Bonchev–Trinajstić information content (AvgIpc) is 2.66. The number of carbonyl (C=O) groups is 2. The molecule has 1 aliphatic rings. The fourth-order valence-electron chi connectivity index (χ4n) is 1.24. The van der Waals surface area contributed by atoms with E-state index in [4.69, 9.17) is 11.5 Å². The molecule has 0 saturated carbocycles.